The molecule has 0 aliphatic heterocycles. The van der Waals surface area contributed by atoms with Gasteiger partial charge in [0.2, 0.25) is 0 Å². The molecule has 0 aromatic carbocycles. The normalized spacial score (nSPS) is 24.9. The molecule has 2 unspecified atom stereocenters. The Morgan fingerprint density at radius 2 is 1.33 bits per heavy atom. The molecule has 1 fully saturated rings. The maximum Gasteiger partial charge on any atom is 0.383 e. The van der Waals surface area contributed by atoms with Gasteiger partial charge in [0.15, 0.2) is 0 Å². The Hall–Kier alpha value is -1.57. The van der Waals surface area contributed by atoms with Crippen LogP contribution in [0.3, 0.4) is 0 Å². The van der Waals surface area contributed by atoms with Crippen molar-refractivity contribution >= 4 is 5.97 Å². The fraction of sp³-hybridized carbons (Fsp3) is 0.941. The highest BCUT2D eigenvalue weighted by Gasteiger charge is 2.84. The van der Waals surface area contributed by atoms with Crippen LogP contribution in [0, 0.1) is 0 Å². The average molecular weight is 564 g/mol. The smallest absolute Gasteiger partial charge is 0.383 e. The second-order valence-electron chi connectivity index (χ2n) is 7.55. The minimum atomic E-state index is -5.29. The molecule has 0 saturated heterocycles. The first kappa shape index (κ1) is 32.5. The third kappa shape index (κ3) is 8.49. The van der Waals surface area contributed by atoms with Crippen molar-refractivity contribution in [2.45, 2.75) is 54.5 Å². The molecular formula is C17H20F12O7. The predicted molar refractivity (Wildman–Crippen MR) is 89.3 cm³/mol. The predicted octanol–water partition coefficient (Wildman–Crippen LogP) is 4.09. The highest BCUT2D eigenvalue weighted by molar-refractivity contribution is 5.70. The van der Waals surface area contributed by atoms with Crippen molar-refractivity contribution in [3.05, 3.63) is 0 Å². The van der Waals surface area contributed by atoms with Crippen molar-refractivity contribution in [3.63, 3.8) is 0 Å². The SMILES string of the molecule is COCC(F)(F)OC(F)(F)CC(F)(F)COC1(F)CC(F)(F)C1(F)OCC(F)(F)COCC(=O)OC. The number of hydrogen-bond acceptors (Lipinski definition) is 7. The summed E-state index contributed by atoms with van der Waals surface area (Å²) in [5, 5.41) is 0. The van der Waals surface area contributed by atoms with Crippen LogP contribution in [0.2, 0.25) is 0 Å². The lowest BCUT2D eigenvalue weighted by Gasteiger charge is -2.52. The summed E-state index contributed by atoms with van der Waals surface area (Å²) in [5.74, 6) is -25.0. The first-order valence-corrected chi connectivity index (χ1v) is 9.43. The fourth-order valence-corrected chi connectivity index (χ4v) is 2.65. The summed E-state index contributed by atoms with van der Waals surface area (Å²) in [4.78, 5) is 10.8. The average Bonchev–Trinajstić information content (AvgIpc) is 2.68. The van der Waals surface area contributed by atoms with Crippen LogP contribution in [-0.4, -0.2) is 94.9 Å². The second kappa shape index (κ2) is 11.0. The lowest BCUT2D eigenvalue weighted by Crippen LogP contribution is -2.74. The monoisotopic (exact) mass is 564 g/mol. The zero-order valence-corrected chi connectivity index (χ0v) is 18.3. The molecule has 1 rings (SSSR count). The lowest BCUT2D eigenvalue weighted by molar-refractivity contribution is -0.477. The molecule has 0 radical (unpaired) electrons. The Morgan fingerprint density at radius 1 is 0.778 bits per heavy atom. The van der Waals surface area contributed by atoms with Gasteiger partial charge in [-0.1, -0.05) is 0 Å². The molecule has 0 aromatic rings. The van der Waals surface area contributed by atoms with E-state index in [9.17, 15) is 57.5 Å². The van der Waals surface area contributed by atoms with E-state index in [-0.39, 0.29) is 0 Å². The van der Waals surface area contributed by atoms with Crippen LogP contribution in [-0.2, 0) is 33.2 Å². The molecule has 0 bridgehead atoms. The minimum Gasteiger partial charge on any atom is -0.467 e. The number of carbonyl (C=O) groups excluding carboxylic acids is 1. The van der Waals surface area contributed by atoms with Crippen LogP contribution < -0.4 is 0 Å². The molecule has 0 N–H and O–H groups in total. The largest absolute Gasteiger partial charge is 0.467 e. The molecule has 0 aromatic heterocycles. The van der Waals surface area contributed by atoms with Crippen molar-refractivity contribution in [1.29, 1.82) is 0 Å². The Morgan fingerprint density at radius 3 is 1.83 bits per heavy atom. The van der Waals surface area contributed by atoms with Gasteiger partial charge in [-0.05, 0) is 0 Å². The van der Waals surface area contributed by atoms with E-state index in [0.717, 1.165) is 7.11 Å². The van der Waals surface area contributed by atoms with Gasteiger partial charge in [-0.25, -0.2) is 26.7 Å². The van der Waals surface area contributed by atoms with E-state index in [4.69, 9.17) is 0 Å². The maximum atomic E-state index is 14.5. The van der Waals surface area contributed by atoms with Crippen molar-refractivity contribution in [2.75, 3.05) is 47.3 Å². The van der Waals surface area contributed by atoms with E-state index in [1.165, 1.54) is 0 Å². The molecule has 2 atom stereocenters. The molecule has 0 heterocycles. The molecule has 214 valence electrons. The summed E-state index contributed by atoms with van der Waals surface area (Å²) in [6, 6.07) is 0. The van der Waals surface area contributed by atoms with Crippen molar-refractivity contribution in [2.24, 2.45) is 0 Å². The third-order valence-corrected chi connectivity index (χ3v) is 4.23. The highest BCUT2D eigenvalue weighted by atomic mass is 19.3. The summed E-state index contributed by atoms with van der Waals surface area (Å²) in [6.07, 6.45) is -15.3. The lowest BCUT2D eigenvalue weighted by atomic mass is 9.81. The molecule has 7 nitrogen and oxygen atoms in total. The minimum absolute atomic E-state index is 0.642. The summed E-state index contributed by atoms with van der Waals surface area (Å²) in [6.45, 7) is -9.47. The standard InChI is InChI=1S/C17H20F12O7/c1-31-9-16(27,28)36-15(25,26)4-11(18,19)7-34-14(24)5-13(22,23)17(14,29)35-8-12(20,21)6-33-3-10(30)32-2/h3-9H2,1-2H3. The van der Waals surface area contributed by atoms with E-state index in [2.05, 4.69) is 28.4 Å². The molecule has 36 heavy (non-hydrogen) atoms. The van der Waals surface area contributed by atoms with E-state index >= 15 is 0 Å². The van der Waals surface area contributed by atoms with Gasteiger partial charge >= 0.3 is 30.0 Å². The number of rotatable bonds is 16. The topological polar surface area (TPSA) is 72.5 Å². The maximum absolute atomic E-state index is 14.5. The number of methoxy groups -OCH3 is 2. The van der Waals surface area contributed by atoms with Crippen LogP contribution in [0.25, 0.3) is 0 Å². The van der Waals surface area contributed by atoms with Gasteiger partial charge in [-0.15, -0.1) is 0 Å². The molecule has 1 saturated carbocycles. The number of ether oxygens (including phenoxy) is 6. The summed E-state index contributed by atoms with van der Waals surface area (Å²) < 4.78 is 186. The van der Waals surface area contributed by atoms with E-state index in [0.29, 0.717) is 7.11 Å². The quantitative estimate of drug-likeness (QED) is 0.207. The Bertz CT molecular complexity index is 754. The number of carbonyl (C=O) groups is 1. The van der Waals surface area contributed by atoms with Crippen LogP contribution in [0.15, 0.2) is 0 Å². The number of halogens is 12. The van der Waals surface area contributed by atoms with Crippen LogP contribution in [0.5, 0.6) is 0 Å². The number of esters is 1. The highest BCUT2D eigenvalue weighted by Crippen LogP contribution is 2.60. The molecule has 1 aliphatic rings. The number of hydrogen-bond donors (Lipinski definition) is 0. The molecule has 19 heteroatoms. The Labute approximate surface area is 194 Å². The van der Waals surface area contributed by atoms with Crippen molar-refractivity contribution in [1.82, 2.24) is 0 Å². The van der Waals surface area contributed by atoms with Gasteiger partial charge in [-0.2, -0.15) is 30.7 Å². The third-order valence-electron chi connectivity index (χ3n) is 4.23. The van der Waals surface area contributed by atoms with Gasteiger partial charge in [-0.3, -0.25) is 4.74 Å². The van der Waals surface area contributed by atoms with Gasteiger partial charge < -0.3 is 23.7 Å². The Balaban J connectivity index is 2.81. The van der Waals surface area contributed by atoms with Crippen LogP contribution in [0.4, 0.5) is 52.7 Å². The molecule has 0 amide bonds. The van der Waals surface area contributed by atoms with E-state index < -0.39 is 93.5 Å². The first-order chi connectivity index (χ1) is 16.1. The van der Waals surface area contributed by atoms with Crippen molar-refractivity contribution < 1.29 is 85.9 Å². The fourth-order valence-electron chi connectivity index (χ4n) is 2.65. The van der Waals surface area contributed by atoms with Crippen molar-refractivity contribution in [3.8, 4) is 0 Å². The summed E-state index contributed by atoms with van der Waals surface area (Å²) >= 11 is 0. The van der Waals surface area contributed by atoms with Gasteiger partial charge in [0.1, 0.15) is 39.5 Å². The van der Waals surface area contributed by atoms with Gasteiger partial charge in [0.25, 0.3) is 17.7 Å². The molecule has 1 aliphatic carbocycles. The van der Waals surface area contributed by atoms with E-state index in [1.54, 1.807) is 0 Å². The second-order valence-corrected chi connectivity index (χ2v) is 7.55. The molecular weight excluding hydrogens is 544 g/mol. The Kier molecular flexibility index (Phi) is 9.96. The van der Waals surface area contributed by atoms with Gasteiger partial charge in [0, 0.05) is 7.11 Å². The van der Waals surface area contributed by atoms with Gasteiger partial charge in [0.05, 0.1) is 13.5 Å². The zero-order valence-electron chi connectivity index (χ0n) is 18.3. The van der Waals surface area contributed by atoms with Crippen LogP contribution >= 0.6 is 0 Å². The first-order valence-electron chi connectivity index (χ1n) is 9.43. The zero-order chi connectivity index (χ0) is 28.3. The summed E-state index contributed by atoms with van der Waals surface area (Å²) in [5.41, 5.74) is 0. The van der Waals surface area contributed by atoms with Crippen LogP contribution in [0.1, 0.15) is 12.8 Å². The van der Waals surface area contributed by atoms with E-state index in [1.807, 2.05) is 0 Å². The summed E-state index contributed by atoms with van der Waals surface area (Å²) in [7, 11) is 1.51. The molecule has 0 spiro atoms. The number of alkyl halides is 12.